The first-order chi connectivity index (χ1) is 11.7. The van der Waals surface area contributed by atoms with Gasteiger partial charge in [-0.25, -0.2) is 4.99 Å². The number of nitro benzene ring substituents is 1. The van der Waals surface area contributed by atoms with E-state index in [0.29, 0.717) is 11.8 Å². The van der Waals surface area contributed by atoms with E-state index >= 15 is 0 Å². The Balaban J connectivity index is 2.58. The number of non-ortho nitro benzene ring substituents is 1. The Morgan fingerprint density at radius 1 is 1.16 bits per heavy atom. The maximum absolute atomic E-state index is 11.0. The van der Waals surface area contributed by atoms with Gasteiger partial charge in [0, 0.05) is 29.8 Å². The van der Waals surface area contributed by atoms with Crippen molar-refractivity contribution in [3.05, 3.63) is 49.2 Å². The molecule has 0 spiro atoms. The van der Waals surface area contributed by atoms with Gasteiger partial charge in [-0.3, -0.25) is 10.1 Å². The lowest BCUT2D eigenvalue weighted by atomic mass is 10.1. The van der Waals surface area contributed by atoms with Gasteiger partial charge in [-0.1, -0.05) is 27.7 Å². The number of thiazole rings is 1. The van der Waals surface area contributed by atoms with Gasteiger partial charge in [0.25, 0.3) is 5.69 Å². The van der Waals surface area contributed by atoms with Crippen LogP contribution in [0, 0.1) is 35.8 Å². The number of rotatable bonds is 6. The first-order valence-corrected chi connectivity index (χ1v) is 9.54. The van der Waals surface area contributed by atoms with E-state index in [0.717, 1.165) is 34.6 Å². The van der Waals surface area contributed by atoms with Crippen molar-refractivity contribution in [1.29, 1.82) is 0 Å². The quantitative estimate of drug-likeness (QED) is 0.527. The third kappa shape index (κ3) is 4.78. The molecule has 2 aromatic rings. The van der Waals surface area contributed by atoms with Crippen molar-refractivity contribution < 1.29 is 4.92 Å². The molecule has 0 amide bonds. The standard InChI is InChI=1S/C19H27N3O2S/c1-12(2)7-17-11-25-19(21(17)10-13(3)4)20-18-14(5)8-16(22(23)24)9-15(18)6/h8-9,11-13H,7,10H2,1-6H3. The first kappa shape index (κ1) is 19.4. The predicted molar refractivity (Wildman–Crippen MR) is 103 cm³/mol. The Hall–Kier alpha value is -1.95. The van der Waals surface area contributed by atoms with Crippen LogP contribution >= 0.6 is 11.3 Å². The van der Waals surface area contributed by atoms with Gasteiger partial charge in [0.05, 0.1) is 10.6 Å². The monoisotopic (exact) mass is 361 g/mol. The number of nitrogens with zero attached hydrogens (tertiary/aromatic N) is 3. The molecule has 2 rings (SSSR count). The molecule has 6 heteroatoms. The highest BCUT2D eigenvalue weighted by Crippen LogP contribution is 2.28. The molecule has 0 radical (unpaired) electrons. The number of benzene rings is 1. The zero-order valence-corrected chi connectivity index (χ0v) is 16.7. The van der Waals surface area contributed by atoms with E-state index in [4.69, 9.17) is 4.99 Å². The summed E-state index contributed by atoms with van der Waals surface area (Å²) in [5, 5.41) is 13.2. The van der Waals surface area contributed by atoms with Gasteiger partial charge in [0.15, 0.2) is 4.80 Å². The fraction of sp³-hybridized carbons (Fsp3) is 0.526. The second-order valence-electron chi connectivity index (χ2n) is 7.41. The molecule has 0 bridgehead atoms. The normalized spacial score (nSPS) is 12.4. The van der Waals surface area contributed by atoms with Crippen molar-refractivity contribution in [3.63, 3.8) is 0 Å². The number of aryl methyl sites for hydroxylation is 2. The molecule has 0 atom stereocenters. The molecule has 0 aliphatic rings. The number of hydrogen-bond acceptors (Lipinski definition) is 4. The molecule has 1 aromatic heterocycles. The smallest absolute Gasteiger partial charge is 0.270 e. The van der Waals surface area contributed by atoms with Gasteiger partial charge in [0.2, 0.25) is 0 Å². The van der Waals surface area contributed by atoms with Crippen molar-refractivity contribution in [3.8, 4) is 0 Å². The Morgan fingerprint density at radius 3 is 2.24 bits per heavy atom. The molecular weight excluding hydrogens is 334 g/mol. The van der Waals surface area contributed by atoms with Gasteiger partial charge in [-0.05, 0) is 43.2 Å². The molecular formula is C19H27N3O2S. The number of nitro groups is 1. The van der Waals surface area contributed by atoms with Crippen LogP contribution in [0.3, 0.4) is 0 Å². The molecule has 0 fully saturated rings. The van der Waals surface area contributed by atoms with Crippen LogP contribution in [0.2, 0.25) is 0 Å². The second kappa shape index (κ2) is 7.95. The summed E-state index contributed by atoms with van der Waals surface area (Å²) in [6.07, 6.45) is 1.02. The molecule has 0 saturated carbocycles. The first-order valence-electron chi connectivity index (χ1n) is 8.66. The summed E-state index contributed by atoms with van der Waals surface area (Å²) in [5.41, 5.74) is 3.93. The largest absolute Gasteiger partial charge is 0.321 e. The highest BCUT2D eigenvalue weighted by Gasteiger charge is 2.13. The Labute approximate surface area is 153 Å². The molecule has 0 aliphatic heterocycles. The lowest BCUT2D eigenvalue weighted by Crippen LogP contribution is -2.21. The van der Waals surface area contributed by atoms with Crippen LogP contribution in [0.1, 0.15) is 44.5 Å². The van der Waals surface area contributed by atoms with Crippen molar-refractivity contribution in [2.45, 2.75) is 54.5 Å². The SMILES string of the molecule is Cc1cc([N+](=O)[O-])cc(C)c1N=c1scc(CC(C)C)n1CC(C)C. The van der Waals surface area contributed by atoms with Gasteiger partial charge in [0.1, 0.15) is 0 Å². The molecule has 0 N–H and O–H groups in total. The van der Waals surface area contributed by atoms with Crippen LogP contribution in [0.5, 0.6) is 0 Å². The van der Waals surface area contributed by atoms with Gasteiger partial charge < -0.3 is 4.57 Å². The maximum atomic E-state index is 11.0. The average Bonchev–Trinajstić information content (AvgIpc) is 2.83. The second-order valence-corrected chi connectivity index (χ2v) is 8.25. The summed E-state index contributed by atoms with van der Waals surface area (Å²) in [7, 11) is 0. The Bertz CT molecular complexity index is 808. The van der Waals surface area contributed by atoms with Crippen LogP contribution < -0.4 is 4.80 Å². The van der Waals surface area contributed by atoms with Crippen LogP contribution in [-0.4, -0.2) is 9.49 Å². The van der Waals surface area contributed by atoms with E-state index in [-0.39, 0.29) is 10.6 Å². The third-order valence-electron chi connectivity index (χ3n) is 3.94. The molecule has 5 nitrogen and oxygen atoms in total. The molecule has 0 saturated heterocycles. The molecule has 136 valence electrons. The number of aromatic nitrogens is 1. The summed E-state index contributed by atoms with van der Waals surface area (Å²) in [6, 6.07) is 3.20. The van der Waals surface area contributed by atoms with Crippen molar-refractivity contribution in [1.82, 2.24) is 4.57 Å². The maximum Gasteiger partial charge on any atom is 0.270 e. The fourth-order valence-electron chi connectivity index (χ4n) is 2.91. The minimum absolute atomic E-state index is 0.121. The summed E-state index contributed by atoms with van der Waals surface area (Å²) >= 11 is 1.65. The van der Waals surface area contributed by atoms with E-state index in [2.05, 4.69) is 37.6 Å². The Kier molecular flexibility index (Phi) is 6.16. The minimum atomic E-state index is -0.353. The van der Waals surface area contributed by atoms with Crippen LogP contribution in [0.15, 0.2) is 22.5 Å². The van der Waals surface area contributed by atoms with Crippen molar-refractivity contribution >= 4 is 22.7 Å². The average molecular weight is 362 g/mol. The van der Waals surface area contributed by atoms with E-state index in [1.165, 1.54) is 5.69 Å². The number of hydrogen-bond donors (Lipinski definition) is 0. The summed E-state index contributed by atoms with van der Waals surface area (Å²) < 4.78 is 2.30. The van der Waals surface area contributed by atoms with Gasteiger partial charge in [-0.15, -0.1) is 11.3 Å². The van der Waals surface area contributed by atoms with Crippen molar-refractivity contribution in [2.24, 2.45) is 16.8 Å². The fourth-order valence-corrected chi connectivity index (χ4v) is 3.83. The molecule has 0 unspecified atom stereocenters. The topological polar surface area (TPSA) is 60.4 Å². The van der Waals surface area contributed by atoms with E-state index in [1.807, 2.05) is 13.8 Å². The Morgan fingerprint density at radius 2 is 1.76 bits per heavy atom. The zero-order chi connectivity index (χ0) is 18.7. The van der Waals surface area contributed by atoms with E-state index < -0.39 is 0 Å². The zero-order valence-electron chi connectivity index (χ0n) is 15.9. The third-order valence-corrected chi connectivity index (χ3v) is 4.85. The highest BCUT2D eigenvalue weighted by molar-refractivity contribution is 7.07. The molecule has 25 heavy (non-hydrogen) atoms. The summed E-state index contributed by atoms with van der Waals surface area (Å²) in [5.74, 6) is 1.11. The lowest BCUT2D eigenvalue weighted by Gasteiger charge is -2.13. The van der Waals surface area contributed by atoms with Crippen LogP contribution in [-0.2, 0) is 13.0 Å². The molecule has 1 aromatic carbocycles. The van der Waals surface area contributed by atoms with Gasteiger partial charge >= 0.3 is 0 Å². The van der Waals surface area contributed by atoms with Crippen molar-refractivity contribution in [2.75, 3.05) is 0 Å². The highest BCUT2D eigenvalue weighted by atomic mass is 32.1. The predicted octanol–water partition coefficient (Wildman–Crippen LogP) is 5.16. The van der Waals surface area contributed by atoms with Gasteiger partial charge in [-0.2, -0.15) is 0 Å². The van der Waals surface area contributed by atoms with Crippen LogP contribution in [0.4, 0.5) is 11.4 Å². The molecule has 0 aliphatic carbocycles. The van der Waals surface area contributed by atoms with E-state index in [1.54, 1.807) is 23.5 Å². The molecule has 1 heterocycles. The summed E-state index contributed by atoms with van der Waals surface area (Å²) in [4.78, 5) is 16.5. The minimum Gasteiger partial charge on any atom is -0.321 e. The summed E-state index contributed by atoms with van der Waals surface area (Å²) in [6.45, 7) is 13.5. The van der Waals surface area contributed by atoms with E-state index in [9.17, 15) is 10.1 Å². The lowest BCUT2D eigenvalue weighted by molar-refractivity contribution is -0.384. The van der Waals surface area contributed by atoms with Crippen LogP contribution in [0.25, 0.3) is 0 Å².